The smallest absolute Gasteiger partial charge is 0.382 e. The van der Waals surface area contributed by atoms with Crippen LogP contribution in [0.1, 0.15) is 37.3 Å². The molecule has 2 aliphatic heterocycles. The van der Waals surface area contributed by atoms with Gasteiger partial charge in [0.1, 0.15) is 35.8 Å². The molecule has 0 spiro atoms. The molecule has 6 rings (SSSR count). The largest absolute Gasteiger partial charge is 0.472 e. The van der Waals surface area contributed by atoms with Gasteiger partial charge >= 0.3 is 15.6 Å². The molecule has 6 atom stereocenters. The van der Waals surface area contributed by atoms with Gasteiger partial charge in [-0.3, -0.25) is 28.0 Å². The minimum absolute atomic E-state index is 0.0408. The third-order valence-electron chi connectivity index (χ3n) is 6.73. The fourth-order valence-corrected chi connectivity index (χ4v) is 6.22. The summed E-state index contributed by atoms with van der Waals surface area (Å²) in [5.74, 6) is 0.227. The minimum atomic E-state index is -4.83. The van der Waals surface area contributed by atoms with Crippen molar-refractivity contribution < 1.29 is 46.9 Å². The maximum absolute atomic E-state index is 13.0. The molecule has 20 nitrogen and oxygen atoms in total. The van der Waals surface area contributed by atoms with E-state index in [-0.39, 0.29) is 35.6 Å². The average molecular weight is 629 g/mol. The molecule has 0 amide bonds. The van der Waals surface area contributed by atoms with Crippen molar-refractivity contribution in [2.45, 2.75) is 49.9 Å². The number of nitrogens with one attached hydrogen (secondary N) is 2. The number of imidazole rings is 1. The number of nitrogens with zero attached hydrogens (tertiary/aromatic N) is 6. The Kier molecular flexibility index (Phi) is 7.69. The fourth-order valence-electron chi connectivity index (χ4n) is 4.91. The lowest BCUT2D eigenvalue weighted by molar-refractivity contribution is -0.0315. The summed E-state index contributed by atoms with van der Waals surface area (Å²) >= 11 is 0. The zero-order chi connectivity index (χ0) is 29.6. The second kappa shape index (κ2) is 11.2. The Labute approximate surface area is 234 Å². The van der Waals surface area contributed by atoms with Crippen molar-refractivity contribution in [1.82, 2.24) is 39.7 Å². The Morgan fingerprint density at radius 1 is 1.02 bits per heavy atom. The topological polar surface area (TPSA) is 285 Å². The molecule has 226 valence electrons. The van der Waals surface area contributed by atoms with Crippen LogP contribution in [0, 0.1) is 0 Å². The summed E-state index contributed by atoms with van der Waals surface area (Å²) in [4.78, 5) is 59.6. The number of hydrogen-bond donors (Lipinski definition) is 6. The monoisotopic (exact) mass is 629 g/mol. The van der Waals surface area contributed by atoms with Crippen LogP contribution in [-0.4, -0.2) is 85.9 Å². The van der Waals surface area contributed by atoms with E-state index in [1.807, 2.05) is 0 Å². The van der Waals surface area contributed by atoms with Crippen LogP contribution >= 0.6 is 15.6 Å². The summed E-state index contributed by atoms with van der Waals surface area (Å²) in [5, 5.41) is 6.55. The molecule has 0 aliphatic carbocycles. The van der Waals surface area contributed by atoms with Gasteiger partial charge in [-0.25, -0.2) is 29.1 Å². The number of hydrogen-bond acceptors (Lipinski definition) is 14. The first-order valence-electron chi connectivity index (χ1n) is 12.5. The van der Waals surface area contributed by atoms with E-state index in [1.54, 1.807) is 4.57 Å². The van der Waals surface area contributed by atoms with E-state index in [9.17, 15) is 18.8 Å². The third-order valence-corrected chi connectivity index (χ3v) is 8.23. The van der Waals surface area contributed by atoms with Gasteiger partial charge in [0.05, 0.1) is 43.8 Å². The number of rotatable bonds is 10. The van der Waals surface area contributed by atoms with Crippen molar-refractivity contribution in [2.75, 3.05) is 18.9 Å². The number of nitrogens with two attached hydrogens (primary N) is 1. The number of nitrogen functional groups attached to an aromatic ring is 1. The molecule has 0 aromatic carbocycles. The Morgan fingerprint density at radius 3 is 2.64 bits per heavy atom. The van der Waals surface area contributed by atoms with Crippen LogP contribution in [0.3, 0.4) is 0 Å². The number of aromatic amines is 2. The first-order valence-corrected chi connectivity index (χ1v) is 15.5. The van der Waals surface area contributed by atoms with E-state index in [4.69, 9.17) is 34.0 Å². The molecule has 2 aliphatic rings. The maximum Gasteiger partial charge on any atom is 0.472 e. The summed E-state index contributed by atoms with van der Waals surface area (Å²) in [5.41, 5.74) is 6.44. The number of anilines is 1. The second-order valence-corrected chi connectivity index (χ2v) is 12.2. The van der Waals surface area contributed by atoms with Gasteiger partial charge < -0.3 is 34.9 Å². The number of ether oxygens (including phenoxy) is 2. The maximum atomic E-state index is 13.0. The third kappa shape index (κ3) is 6.00. The van der Waals surface area contributed by atoms with Gasteiger partial charge in [-0.1, -0.05) is 0 Å². The Morgan fingerprint density at radius 2 is 1.83 bits per heavy atom. The highest BCUT2D eigenvalue weighted by Crippen LogP contribution is 2.51. The van der Waals surface area contributed by atoms with Gasteiger partial charge in [-0.05, 0) is 12.8 Å². The number of phosphoric ester groups is 2. The molecule has 7 N–H and O–H groups in total. The zero-order valence-corrected chi connectivity index (χ0v) is 23.2. The Balaban J connectivity index is 1.13. The first kappa shape index (κ1) is 28.9. The summed E-state index contributed by atoms with van der Waals surface area (Å²) in [7, 11) is -9.57. The molecule has 2 unspecified atom stereocenters. The lowest BCUT2D eigenvalue weighted by Gasteiger charge is -2.22. The van der Waals surface area contributed by atoms with Crippen LogP contribution < -0.4 is 11.3 Å². The molecule has 42 heavy (non-hydrogen) atoms. The number of fused-ring (bicyclic) bond motifs is 2. The molecule has 4 aromatic heterocycles. The molecule has 22 heteroatoms. The molecule has 4 aromatic rings. The Bertz CT molecular complexity index is 1760. The van der Waals surface area contributed by atoms with E-state index in [0.29, 0.717) is 24.0 Å². The molecule has 0 radical (unpaired) electrons. The van der Waals surface area contributed by atoms with Gasteiger partial charge in [0.2, 0.25) is 0 Å². The van der Waals surface area contributed by atoms with Crippen LogP contribution in [0.2, 0.25) is 0 Å². The van der Waals surface area contributed by atoms with E-state index < -0.39 is 58.5 Å². The summed E-state index contributed by atoms with van der Waals surface area (Å²) in [6.45, 7) is -0.838. The SMILES string of the molecule is Nc1ncnc2c1ncn2[C@H]1CC[C@@H](COP(=O)(O)OC2C[C@@H](COP(=O)(O)O)O[C@H]2c2[nH]nc3c(=O)[nH]cnc23)O1. The molecule has 2 fully saturated rings. The summed E-state index contributed by atoms with van der Waals surface area (Å²) in [6.07, 6.45) is 0.564. The van der Waals surface area contributed by atoms with E-state index in [2.05, 4.69) is 39.6 Å². The predicted molar refractivity (Wildman–Crippen MR) is 138 cm³/mol. The van der Waals surface area contributed by atoms with E-state index in [0.717, 1.165) is 6.33 Å². The van der Waals surface area contributed by atoms with Crippen LogP contribution in [0.4, 0.5) is 5.82 Å². The van der Waals surface area contributed by atoms with Gasteiger partial charge in [0.15, 0.2) is 17.0 Å². The van der Waals surface area contributed by atoms with Crippen LogP contribution in [-0.2, 0) is 32.2 Å². The number of H-pyrrole nitrogens is 2. The Hall–Kier alpha value is -3.16. The molecule has 6 heterocycles. The number of phosphoric acid groups is 2. The first-order chi connectivity index (χ1) is 20.0. The van der Waals surface area contributed by atoms with Gasteiger partial charge in [0.25, 0.3) is 5.56 Å². The minimum Gasteiger partial charge on any atom is -0.382 e. The van der Waals surface area contributed by atoms with Gasteiger partial charge in [0, 0.05) is 6.42 Å². The van der Waals surface area contributed by atoms with Crippen LogP contribution in [0.5, 0.6) is 0 Å². The highest BCUT2D eigenvalue weighted by Gasteiger charge is 2.44. The molecule has 2 saturated heterocycles. The quantitative estimate of drug-likeness (QED) is 0.128. The highest BCUT2D eigenvalue weighted by atomic mass is 31.2. The average Bonchev–Trinajstić information content (AvgIpc) is 3.71. The fraction of sp³-hybridized carbons (Fsp3) is 0.500. The van der Waals surface area contributed by atoms with Crippen molar-refractivity contribution in [3.8, 4) is 0 Å². The molecule has 0 saturated carbocycles. The van der Waals surface area contributed by atoms with Crippen molar-refractivity contribution in [2.24, 2.45) is 0 Å². The van der Waals surface area contributed by atoms with Gasteiger partial charge in [-0.2, -0.15) is 5.10 Å². The summed E-state index contributed by atoms with van der Waals surface area (Å²) in [6, 6.07) is 0. The standard InChI is InChI=1S/C20H25N9O11P2/c21-18-16-19(24-7-23-18)29(8-26-16)12-2-1-9(38-12)4-37-42(34,35)40-11-3-10(5-36-41(31,32)33)39-17(11)14-13-15(28-27-14)20(30)25-6-22-13/h6-12,17H,1-5H2,(H,27,28)(H,34,35)(H2,21,23,24)(H,22,25,30)(H2,31,32,33)/t9-,10-,11?,12+,17+/m0/s1. The summed E-state index contributed by atoms with van der Waals surface area (Å²) < 4.78 is 53.0. The van der Waals surface area contributed by atoms with Crippen molar-refractivity contribution in [3.63, 3.8) is 0 Å². The van der Waals surface area contributed by atoms with E-state index in [1.165, 1.54) is 12.7 Å². The van der Waals surface area contributed by atoms with Gasteiger partial charge in [-0.15, -0.1) is 0 Å². The lowest BCUT2D eigenvalue weighted by Crippen LogP contribution is -2.20. The van der Waals surface area contributed by atoms with Crippen molar-refractivity contribution in [3.05, 3.63) is 35.0 Å². The number of aromatic nitrogens is 8. The second-order valence-electron chi connectivity index (χ2n) is 9.55. The van der Waals surface area contributed by atoms with Crippen LogP contribution in [0.25, 0.3) is 22.2 Å². The van der Waals surface area contributed by atoms with Crippen LogP contribution in [0.15, 0.2) is 23.8 Å². The van der Waals surface area contributed by atoms with Crippen molar-refractivity contribution in [1.29, 1.82) is 0 Å². The van der Waals surface area contributed by atoms with Crippen molar-refractivity contribution >= 4 is 43.7 Å². The molecular formula is C20H25N9O11P2. The zero-order valence-electron chi connectivity index (χ0n) is 21.4. The molecular weight excluding hydrogens is 604 g/mol. The lowest BCUT2D eigenvalue weighted by atomic mass is 10.1. The normalized spacial score (nSPS) is 26.3. The highest BCUT2D eigenvalue weighted by molar-refractivity contribution is 7.47. The van der Waals surface area contributed by atoms with E-state index >= 15 is 0 Å². The molecule has 0 bridgehead atoms. The predicted octanol–water partition coefficient (Wildman–Crippen LogP) is 0.187.